The van der Waals surface area contributed by atoms with E-state index in [0.29, 0.717) is 5.56 Å². The first-order chi connectivity index (χ1) is 13.2. The van der Waals surface area contributed by atoms with E-state index < -0.39 is 0 Å². The highest BCUT2D eigenvalue weighted by molar-refractivity contribution is 6.06. The molecule has 0 unspecified atom stereocenters. The Morgan fingerprint density at radius 3 is 2.48 bits per heavy atom. The number of likely N-dealkylation sites (N-methyl/N-ethyl adjacent to an activating group) is 1. The molecule has 1 fully saturated rings. The van der Waals surface area contributed by atoms with Crippen molar-refractivity contribution in [2.75, 3.05) is 50.1 Å². The summed E-state index contributed by atoms with van der Waals surface area (Å²) in [6.45, 7) is 7.29. The maximum Gasteiger partial charge on any atom is 0.255 e. The van der Waals surface area contributed by atoms with Crippen LogP contribution >= 0.6 is 0 Å². The first-order valence-electron chi connectivity index (χ1n) is 9.25. The van der Waals surface area contributed by atoms with Crippen LogP contribution in [0.2, 0.25) is 0 Å². The number of carbonyl (C=O) groups excluding carboxylic acids is 1. The number of rotatable bonds is 6. The summed E-state index contributed by atoms with van der Waals surface area (Å²) in [7, 11) is 1.50. The van der Waals surface area contributed by atoms with E-state index in [1.54, 1.807) is 18.3 Å². The molecule has 0 atom stereocenters. The summed E-state index contributed by atoms with van der Waals surface area (Å²) in [5.41, 5.74) is 3.40. The monoisotopic (exact) mass is 366 g/mol. The highest BCUT2D eigenvalue weighted by Crippen LogP contribution is 2.27. The predicted octanol–water partition coefficient (Wildman–Crippen LogP) is 3.06. The molecule has 27 heavy (non-hydrogen) atoms. The Morgan fingerprint density at radius 2 is 1.81 bits per heavy atom. The van der Waals surface area contributed by atoms with Crippen molar-refractivity contribution in [1.29, 1.82) is 0 Å². The third-order valence-corrected chi connectivity index (χ3v) is 4.79. The molecule has 1 aliphatic heterocycles. The summed E-state index contributed by atoms with van der Waals surface area (Å²) in [5, 5.41) is 6.78. The number of hydrogen-bond donors (Lipinski definition) is 1. The minimum absolute atomic E-state index is 0.120. The van der Waals surface area contributed by atoms with Crippen LogP contribution in [-0.4, -0.2) is 56.9 Å². The lowest BCUT2D eigenvalue weighted by molar-refractivity contribution is 0.102. The highest BCUT2D eigenvalue weighted by Gasteiger charge is 2.19. The number of carbonyl (C=O) groups is 1. The molecule has 0 spiro atoms. The van der Waals surface area contributed by atoms with Crippen LogP contribution in [0.3, 0.4) is 0 Å². The molecule has 142 valence electrons. The van der Waals surface area contributed by atoms with Crippen LogP contribution in [0.4, 0.5) is 11.4 Å². The molecule has 3 rings (SSSR count). The Morgan fingerprint density at radius 1 is 1.11 bits per heavy atom. The van der Waals surface area contributed by atoms with E-state index >= 15 is 0 Å². The molecule has 1 N–H and O–H groups in total. The molecule has 6 heteroatoms. The Labute approximate surface area is 160 Å². The Bertz CT molecular complexity index is 781. The van der Waals surface area contributed by atoms with Crippen molar-refractivity contribution in [2.45, 2.75) is 6.92 Å². The molecular formula is C21H26N4O2. The van der Waals surface area contributed by atoms with Crippen LogP contribution in [0, 0.1) is 0 Å². The number of amides is 1. The molecule has 6 nitrogen and oxygen atoms in total. The van der Waals surface area contributed by atoms with Gasteiger partial charge in [0.2, 0.25) is 0 Å². The molecule has 1 saturated heterocycles. The number of benzene rings is 2. The van der Waals surface area contributed by atoms with Gasteiger partial charge in [-0.3, -0.25) is 4.79 Å². The predicted molar refractivity (Wildman–Crippen MR) is 110 cm³/mol. The fraction of sp³-hybridized carbons (Fsp3) is 0.333. The van der Waals surface area contributed by atoms with Crippen LogP contribution < -0.4 is 10.2 Å². The minimum atomic E-state index is -0.120. The second-order valence-corrected chi connectivity index (χ2v) is 6.43. The Hall–Kier alpha value is -2.86. The van der Waals surface area contributed by atoms with E-state index in [1.165, 1.54) is 7.11 Å². The molecule has 0 saturated carbocycles. The lowest BCUT2D eigenvalue weighted by Gasteiger charge is -2.36. The molecular weight excluding hydrogens is 340 g/mol. The van der Waals surface area contributed by atoms with Crippen molar-refractivity contribution in [1.82, 2.24) is 4.90 Å². The zero-order valence-corrected chi connectivity index (χ0v) is 15.9. The standard InChI is InChI=1S/C21H26N4O2/c1-3-24-12-14-25(15-13-24)20-7-5-4-6-19(20)23-21(26)18-10-8-17(9-11-18)16-22-27-2/h4-11,16H,3,12-15H2,1-2H3,(H,23,26)/b22-16+. The summed E-state index contributed by atoms with van der Waals surface area (Å²) in [6.07, 6.45) is 1.60. The molecule has 2 aromatic rings. The van der Waals surface area contributed by atoms with Gasteiger partial charge >= 0.3 is 0 Å². The van der Waals surface area contributed by atoms with Gasteiger partial charge in [-0.1, -0.05) is 36.3 Å². The van der Waals surface area contributed by atoms with Crippen molar-refractivity contribution in [3.05, 3.63) is 59.7 Å². The number of nitrogens with zero attached hydrogens (tertiary/aromatic N) is 3. The molecule has 1 heterocycles. The Kier molecular flexibility index (Phi) is 6.44. The summed E-state index contributed by atoms with van der Waals surface area (Å²) < 4.78 is 0. The number of piperazine rings is 1. The second kappa shape index (κ2) is 9.19. The van der Waals surface area contributed by atoms with Crippen molar-refractivity contribution >= 4 is 23.5 Å². The van der Waals surface area contributed by atoms with E-state index in [1.807, 2.05) is 30.3 Å². The van der Waals surface area contributed by atoms with Gasteiger partial charge in [0.25, 0.3) is 5.91 Å². The maximum absolute atomic E-state index is 12.7. The third kappa shape index (κ3) is 4.86. The average Bonchev–Trinajstić information content (AvgIpc) is 2.73. The van der Waals surface area contributed by atoms with Gasteiger partial charge in [0.05, 0.1) is 17.6 Å². The van der Waals surface area contributed by atoms with Crippen LogP contribution in [0.25, 0.3) is 0 Å². The second-order valence-electron chi connectivity index (χ2n) is 6.43. The van der Waals surface area contributed by atoms with Crippen molar-refractivity contribution in [3.63, 3.8) is 0 Å². The van der Waals surface area contributed by atoms with Gasteiger partial charge in [-0.05, 0) is 36.4 Å². The number of oxime groups is 1. The lowest BCUT2D eigenvalue weighted by atomic mass is 10.1. The smallest absolute Gasteiger partial charge is 0.255 e. The normalized spacial score (nSPS) is 15.1. The zero-order chi connectivity index (χ0) is 19.1. The van der Waals surface area contributed by atoms with Gasteiger partial charge in [-0.25, -0.2) is 0 Å². The van der Waals surface area contributed by atoms with E-state index in [2.05, 4.69) is 38.1 Å². The van der Waals surface area contributed by atoms with Gasteiger partial charge in [0.15, 0.2) is 0 Å². The molecule has 1 aliphatic rings. The molecule has 0 aliphatic carbocycles. The zero-order valence-electron chi connectivity index (χ0n) is 15.9. The van der Waals surface area contributed by atoms with Gasteiger partial charge < -0.3 is 20.0 Å². The number of para-hydroxylation sites is 2. The SMILES string of the molecule is CCN1CCN(c2ccccc2NC(=O)c2ccc(/C=N/OC)cc2)CC1. The number of nitrogens with one attached hydrogen (secondary N) is 1. The topological polar surface area (TPSA) is 57.2 Å². The Balaban J connectivity index is 1.70. The van der Waals surface area contributed by atoms with E-state index in [4.69, 9.17) is 0 Å². The number of anilines is 2. The van der Waals surface area contributed by atoms with E-state index in [9.17, 15) is 4.79 Å². The molecule has 0 radical (unpaired) electrons. The lowest BCUT2D eigenvalue weighted by Crippen LogP contribution is -2.46. The van der Waals surface area contributed by atoms with E-state index in [0.717, 1.165) is 49.7 Å². The van der Waals surface area contributed by atoms with Gasteiger partial charge in [0.1, 0.15) is 7.11 Å². The molecule has 1 amide bonds. The highest BCUT2D eigenvalue weighted by atomic mass is 16.6. The van der Waals surface area contributed by atoms with Crippen molar-refractivity contribution in [2.24, 2.45) is 5.16 Å². The van der Waals surface area contributed by atoms with E-state index in [-0.39, 0.29) is 5.91 Å². The summed E-state index contributed by atoms with van der Waals surface area (Å²) >= 11 is 0. The van der Waals surface area contributed by atoms with Crippen LogP contribution in [0.5, 0.6) is 0 Å². The fourth-order valence-electron chi connectivity index (χ4n) is 3.19. The average molecular weight is 366 g/mol. The fourth-order valence-corrected chi connectivity index (χ4v) is 3.19. The first kappa shape index (κ1) is 18.9. The van der Waals surface area contributed by atoms with Crippen LogP contribution in [0.15, 0.2) is 53.7 Å². The van der Waals surface area contributed by atoms with Crippen molar-refractivity contribution in [3.8, 4) is 0 Å². The third-order valence-electron chi connectivity index (χ3n) is 4.79. The quantitative estimate of drug-likeness (QED) is 0.631. The van der Waals surface area contributed by atoms with Crippen LogP contribution in [-0.2, 0) is 4.84 Å². The summed E-state index contributed by atoms with van der Waals surface area (Å²) in [4.78, 5) is 22.1. The summed E-state index contributed by atoms with van der Waals surface area (Å²) in [6, 6.07) is 15.2. The summed E-state index contributed by atoms with van der Waals surface area (Å²) in [5.74, 6) is -0.120. The maximum atomic E-state index is 12.7. The first-order valence-corrected chi connectivity index (χ1v) is 9.25. The molecule has 2 aromatic carbocycles. The molecule has 0 aromatic heterocycles. The van der Waals surface area contributed by atoms with Gasteiger partial charge in [-0.2, -0.15) is 0 Å². The molecule has 0 bridgehead atoms. The van der Waals surface area contributed by atoms with Crippen LogP contribution in [0.1, 0.15) is 22.8 Å². The van der Waals surface area contributed by atoms with Crippen molar-refractivity contribution < 1.29 is 9.63 Å². The number of hydrogen-bond acceptors (Lipinski definition) is 5. The van der Waals surface area contributed by atoms with Gasteiger partial charge in [0, 0.05) is 31.7 Å². The largest absolute Gasteiger partial charge is 0.399 e. The van der Waals surface area contributed by atoms with Gasteiger partial charge in [-0.15, -0.1) is 0 Å². The minimum Gasteiger partial charge on any atom is -0.399 e.